The molecule has 1 aliphatic carbocycles. The number of aryl methyl sites for hydroxylation is 1. The summed E-state index contributed by atoms with van der Waals surface area (Å²) in [5.41, 5.74) is 0.719. The molecule has 0 spiro atoms. The number of carbonyl (C=O) groups excluding carboxylic acids is 1. The fraction of sp³-hybridized carbons (Fsp3) is 0.545. The SMILES string of the molecule is CCNC1=C2NC(=O)C(C)(N3CCC[C@@H](Nc4cc(C)c(S(=O)(=O)F)cn4)C3)C2CC(F)=C1. The van der Waals surface area contributed by atoms with Crippen molar-refractivity contribution in [2.45, 2.75) is 56.5 Å². The summed E-state index contributed by atoms with van der Waals surface area (Å²) in [5, 5.41) is 9.43. The van der Waals surface area contributed by atoms with E-state index in [2.05, 4.69) is 25.8 Å². The molecule has 11 heteroatoms. The summed E-state index contributed by atoms with van der Waals surface area (Å²) in [4.78, 5) is 18.9. The van der Waals surface area contributed by atoms with Crippen molar-refractivity contribution in [3.63, 3.8) is 0 Å². The second-order valence-corrected chi connectivity index (χ2v) is 10.3. The minimum atomic E-state index is -4.83. The fourth-order valence-electron chi connectivity index (χ4n) is 5.12. The summed E-state index contributed by atoms with van der Waals surface area (Å²) in [7, 11) is -4.83. The van der Waals surface area contributed by atoms with Gasteiger partial charge in [-0.3, -0.25) is 9.69 Å². The largest absolute Gasteiger partial charge is 0.384 e. The number of allylic oxidation sites excluding steroid dienone is 2. The quantitative estimate of drug-likeness (QED) is 0.537. The lowest BCUT2D eigenvalue weighted by Crippen LogP contribution is -2.59. The van der Waals surface area contributed by atoms with Crippen molar-refractivity contribution >= 4 is 21.9 Å². The zero-order valence-corrected chi connectivity index (χ0v) is 19.7. The average Bonchev–Trinajstić information content (AvgIpc) is 2.99. The maximum absolute atomic E-state index is 14.5. The van der Waals surface area contributed by atoms with E-state index in [1.54, 1.807) is 0 Å². The van der Waals surface area contributed by atoms with Crippen LogP contribution in [0, 0.1) is 12.8 Å². The summed E-state index contributed by atoms with van der Waals surface area (Å²) in [6.45, 7) is 7.14. The summed E-state index contributed by atoms with van der Waals surface area (Å²) < 4.78 is 50.2. The van der Waals surface area contributed by atoms with Gasteiger partial charge in [-0.05, 0) is 57.9 Å². The zero-order chi connectivity index (χ0) is 24.0. The van der Waals surface area contributed by atoms with Gasteiger partial charge in [0.25, 0.3) is 0 Å². The van der Waals surface area contributed by atoms with Crippen LogP contribution >= 0.6 is 0 Å². The van der Waals surface area contributed by atoms with Crippen molar-refractivity contribution in [2.24, 2.45) is 5.92 Å². The molecular formula is C22H29F2N5O3S. The third-order valence-electron chi connectivity index (χ3n) is 6.85. The molecule has 0 bridgehead atoms. The van der Waals surface area contributed by atoms with Crippen molar-refractivity contribution in [1.29, 1.82) is 0 Å². The van der Waals surface area contributed by atoms with Crippen molar-refractivity contribution < 1.29 is 21.5 Å². The van der Waals surface area contributed by atoms with E-state index in [1.807, 2.05) is 13.8 Å². The number of piperidine rings is 1. The summed E-state index contributed by atoms with van der Waals surface area (Å²) in [6, 6.07) is 1.44. The number of anilines is 1. The van der Waals surface area contributed by atoms with Crippen LogP contribution in [-0.2, 0) is 15.0 Å². The Morgan fingerprint density at radius 3 is 2.82 bits per heavy atom. The maximum atomic E-state index is 14.5. The van der Waals surface area contributed by atoms with E-state index >= 15 is 0 Å². The Bertz CT molecular complexity index is 1140. The van der Waals surface area contributed by atoms with Gasteiger partial charge in [0.2, 0.25) is 5.91 Å². The number of nitrogens with one attached hydrogen (secondary N) is 3. The smallest absolute Gasteiger partial charge is 0.333 e. The number of aromatic nitrogens is 1. The third-order valence-corrected chi connectivity index (χ3v) is 7.80. The highest BCUT2D eigenvalue weighted by Gasteiger charge is 2.55. The second kappa shape index (κ2) is 8.68. The van der Waals surface area contributed by atoms with Crippen molar-refractivity contribution in [2.75, 3.05) is 25.0 Å². The molecule has 2 saturated heterocycles. The molecule has 2 unspecified atom stereocenters. The number of likely N-dealkylation sites (N-methyl/N-ethyl adjacent to an activating group) is 1. The van der Waals surface area contributed by atoms with Crippen molar-refractivity contribution in [3.8, 4) is 0 Å². The van der Waals surface area contributed by atoms with Crippen LogP contribution in [0.25, 0.3) is 0 Å². The molecular weight excluding hydrogens is 452 g/mol. The number of rotatable bonds is 6. The Labute approximate surface area is 192 Å². The van der Waals surface area contributed by atoms with Crippen LogP contribution in [0.5, 0.6) is 0 Å². The first kappa shape index (κ1) is 23.6. The van der Waals surface area contributed by atoms with E-state index in [1.165, 1.54) is 19.1 Å². The van der Waals surface area contributed by atoms with Gasteiger partial charge in [-0.1, -0.05) is 0 Å². The van der Waals surface area contributed by atoms with E-state index in [0.717, 1.165) is 24.7 Å². The van der Waals surface area contributed by atoms with Crippen LogP contribution in [0.4, 0.5) is 14.1 Å². The number of fused-ring (bicyclic) bond motifs is 1. The molecule has 2 aliphatic heterocycles. The second-order valence-electron chi connectivity index (χ2n) is 9.01. The minimum Gasteiger partial charge on any atom is -0.384 e. The zero-order valence-electron chi connectivity index (χ0n) is 18.9. The van der Waals surface area contributed by atoms with Gasteiger partial charge in [0.1, 0.15) is 22.1 Å². The van der Waals surface area contributed by atoms with Crippen LogP contribution in [-0.4, -0.2) is 55.4 Å². The molecule has 33 heavy (non-hydrogen) atoms. The van der Waals surface area contributed by atoms with Gasteiger partial charge in [-0.2, -0.15) is 8.42 Å². The number of carbonyl (C=O) groups is 1. The lowest BCUT2D eigenvalue weighted by Gasteiger charge is -2.45. The number of halogens is 2. The predicted octanol–water partition coefficient (Wildman–Crippen LogP) is 2.51. The van der Waals surface area contributed by atoms with Crippen molar-refractivity contribution in [3.05, 3.63) is 41.1 Å². The predicted molar refractivity (Wildman–Crippen MR) is 120 cm³/mol. The van der Waals surface area contributed by atoms with Crippen molar-refractivity contribution in [1.82, 2.24) is 20.5 Å². The molecule has 0 radical (unpaired) electrons. The monoisotopic (exact) mass is 481 g/mol. The normalized spacial score (nSPS) is 28.3. The van der Waals surface area contributed by atoms with Crippen LogP contribution in [0.15, 0.2) is 40.5 Å². The first-order valence-electron chi connectivity index (χ1n) is 11.1. The highest BCUT2D eigenvalue weighted by molar-refractivity contribution is 7.86. The molecule has 4 rings (SSSR count). The molecule has 1 aromatic rings. The highest BCUT2D eigenvalue weighted by Crippen LogP contribution is 2.44. The Balaban J connectivity index is 1.54. The van der Waals surface area contributed by atoms with Crippen LogP contribution in [0.1, 0.15) is 38.7 Å². The van der Waals surface area contributed by atoms with E-state index in [4.69, 9.17) is 0 Å². The molecule has 0 aromatic carbocycles. The lowest BCUT2D eigenvalue weighted by molar-refractivity contribution is -0.131. The minimum absolute atomic E-state index is 0.0617. The molecule has 1 aromatic heterocycles. The Hall–Kier alpha value is -2.53. The van der Waals surface area contributed by atoms with Gasteiger partial charge in [-0.25, -0.2) is 9.37 Å². The van der Waals surface area contributed by atoms with Gasteiger partial charge < -0.3 is 16.0 Å². The molecule has 3 N–H and O–H groups in total. The number of hydrogen-bond donors (Lipinski definition) is 3. The van der Waals surface area contributed by atoms with E-state index in [-0.39, 0.29) is 35.7 Å². The molecule has 3 heterocycles. The van der Waals surface area contributed by atoms with Crippen LogP contribution < -0.4 is 16.0 Å². The number of pyridine rings is 1. The standard InChI is InChI=1S/C22H29F2N5O3S/c1-4-25-17-10-14(23)9-16-20(17)28-21(30)22(16,3)29-7-5-6-15(12-29)27-19-8-13(2)18(11-26-19)33(24,31)32/h8,10-11,15-16,25H,4-7,9,12H2,1-3H3,(H,26,27)(H,28,30)/t15-,16?,22?/m1/s1. The van der Waals surface area contributed by atoms with E-state index in [0.29, 0.717) is 31.1 Å². The molecule has 2 fully saturated rings. The lowest BCUT2D eigenvalue weighted by atomic mass is 9.78. The Morgan fingerprint density at radius 2 is 2.15 bits per heavy atom. The molecule has 3 aliphatic rings. The third kappa shape index (κ3) is 4.35. The fourth-order valence-corrected chi connectivity index (χ4v) is 5.75. The Kier molecular flexibility index (Phi) is 6.21. The molecule has 1 amide bonds. The maximum Gasteiger partial charge on any atom is 0.333 e. The van der Waals surface area contributed by atoms with Crippen LogP contribution in [0.2, 0.25) is 0 Å². The van der Waals surface area contributed by atoms with Gasteiger partial charge in [-0.15, -0.1) is 3.89 Å². The first-order chi connectivity index (χ1) is 15.5. The summed E-state index contributed by atoms with van der Waals surface area (Å²) in [5.74, 6) is -0.281. The first-order valence-corrected chi connectivity index (χ1v) is 12.5. The number of hydrogen-bond acceptors (Lipinski definition) is 7. The molecule has 3 atom stereocenters. The van der Waals surface area contributed by atoms with E-state index < -0.39 is 20.7 Å². The van der Waals surface area contributed by atoms with E-state index in [9.17, 15) is 21.5 Å². The summed E-state index contributed by atoms with van der Waals surface area (Å²) in [6.07, 6.45) is 4.27. The molecule has 0 saturated carbocycles. The average molecular weight is 482 g/mol. The number of amides is 1. The van der Waals surface area contributed by atoms with Gasteiger partial charge in [0.05, 0.1) is 11.9 Å². The number of likely N-dealkylation sites (tertiary alicyclic amines) is 1. The molecule has 180 valence electrons. The van der Waals surface area contributed by atoms with Gasteiger partial charge >= 0.3 is 10.2 Å². The topological polar surface area (TPSA) is 103 Å². The highest BCUT2D eigenvalue weighted by atomic mass is 32.3. The van der Waals surface area contributed by atoms with Gasteiger partial charge in [0, 0.05) is 37.2 Å². The summed E-state index contributed by atoms with van der Waals surface area (Å²) >= 11 is 0. The Morgan fingerprint density at radius 1 is 1.39 bits per heavy atom. The van der Waals surface area contributed by atoms with Gasteiger partial charge in [0.15, 0.2) is 0 Å². The number of nitrogens with zero attached hydrogens (tertiary/aromatic N) is 2. The van der Waals surface area contributed by atoms with Crippen LogP contribution in [0.3, 0.4) is 0 Å². The molecule has 8 nitrogen and oxygen atoms in total.